The van der Waals surface area contributed by atoms with Gasteiger partial charge in [0.05, 0.1) is 10.9 Å². The molecule has 2 unspecified atom stereocenters. The Morgan fingerprint density at radius 2 is 2.10 bits per heavy atom. The number of halogens is 1. The Bertz CT molecular complexity index is 877. The molecule has 3 rings (SSSR count). The van der Waals surface area contributed by atoms with Gasteiger partial charge >= 0.3 is 6.03 Å². The fourth-order valence-corrected chi connectivity index (χ4v) is 4.52. The van der Waals surface area contributed by atoms with Gasteiger partial charge in [-0.2, -0.15) is 0 Å². The van der Waals surface area contributed by atoms with Crippen molar-refractivity contribution >= 4 is 39.7 Å². The van der Waals surface area contributed by atoms with E-state index in [1.54, 1.807) is 23.8 Å². The van der Waals surface area contributed by atoms with Crippen LogP contribution < -0.4 is 15.4 Å². The van der Waals surface area contributed by atoms with Crippen molar-refractivity contribution in [3.05, 3.63) is 28.2 Å². The lowest BCUT2D eigenvalue weighted by Gasteiger charge is -2.33. The van der Waals surface area contributed by atoms with Crippen LogP contribution in [-0.4, -0.2) is 71.9 Å². The number of ether oxygens (including phenoxy) is 1. The van der Waals surface area contributed by atoms with Gasteiger partial charge in [0.1, 0.15) is 11.8 Å². The van der Waals surface area contributed by atoms with Gasteiger partial charge in [-0.05, 0) is 60.3 Å². The zero-order chi connectivity index (χ0) is 22.7. The topological polar surface area (TPSA) is 108 Å². The van der Waals surface area contributed by atoms with E-state index in [1.807, 2.05) is 25.1 Å². The van der Waals surface area contributed by atoms with Gasteiger partial charge in [-0.25, -0.2) is 4.79 Å². The third kappa shape index (κ3) is 5.55. The summed E-state index contributed by atoms with van der Waals surface area (Å²) in [5.41, 5.74) is 1.08. The number of aryl methyl sites for hydroxylation is 1. The van der Waals surface area contributed by atoms with Crippen LogP contribution in [0.25, 0.3) is 0 Å². The van der Waals surface area contributed by atoms with Crippen molar-refractivity contribution in [3.63, 3.8) is 0 Å². The van der Waals surface area contributed by atoms with Gasteiger partial charge in [-0.1, -0.05) is 6.07 Å². The first-order valence-electron chi connectivity index (χ1n) is 10.2. The van der Waals surface area contributed by atoms with Crippen molar-refractivity contribution < 1.29 is 23.9 Å². The molecule has 2 saturated heterocycles. The van der Waals surface area contributed by atoms with Crippen LogP contribution in [0, 0.1) is 6.92 Å². The summed E-state index contributed by atoms with van der Waals surface area (Å²) >= 11 is 3.45. The molecule has 0 aromatic heterocycles. The fourth-order valence-electron chi connectivity index (χ4n) is 3.93. The maximum atomic E-state index is 12.9. The summed E-state index contributed by atoms with van der Waals surface area (Å²) in [6, 6.07) is 3.93. The van der Waals surface area contributed by atoms with Gasteiger partial charge in [0.2, 0.25) is 11.8 Å². The molecular formula is C21H27BrN4O5. The Balaban J connectivity index is 1.59. The predicted octanol–water partition coefficient (Wildman–Crippen LogP) is 1.57. The Labute approximate surface area is 189 Å². The Morgan fingerprint density at radius 1 is 1.35 bits per heavy atom. The van der Waals surface area contributed by atoms with Crippen LogP contribution in [-0.2, 0) is 14.4 Å². The molecule has 2 fully saturated rings. The standard InChI is InChI=1S/C21H27BrN4O5/c1-12-6-7-17(15(22)9-12)31-13(2)19(28)25(3)11-14-5-4-8-26(14)20(29)16-10-18(27)24-21(30)23-16/h6-7,9,13-14,16H,4-5,8,10-11H2,1-3H3,(H2,23,24,27,30)/t13?,14?,16-/m0/s1. The Hall–Kier alpha value is -2.62. The summed E-state index contributed by atoms with van der Waals surface area (Å²) in [5, 5.41) is 4.63. The Morgan fingerprint density at radius 3 is 2.77 bits per heavy atom. The van der Waals surface area contributed by atoms with Crippen LogP contribution in [0.5, 0.6) is 5.75 Å². The van der Waals surface area contributed by atoms with Crippen molar-refractivity contribution in [1.29, 1.82) is 0 Å². The maximum Gasteiger partial charge on any atom is 0.322 e. The average molecular weight is 495 g/mol. The first-order valence-corrected chi connectivity index (χ1v) is 11.0. The fraction of sp³-hybridized carbons (Fsp3) is 0.524. The second-order valence-corrected chi connectivity index (χ2v) is 8.87. The van der Waals surface area contributed by atoms with Gasteiger partial charge in [-0.15, -0.1) is 0 Å². The normalized spacial score (nSPS) is 21.9. The van der Waals surface area contributed by atoms with E-state index in [-0.39, 0.29) is 24.3 Å². The molecule has 2 heterocycles. The number of hydrogen-bond donors (Lipinski definition) is 2. The molecular weight excluding hydrogens is 468 g/mol. The molecule has 1 aromatic carbocycles. The molecule has 0 spiro atoms. The van der Waals surface area contributed by atoms with Crippen LogP contribution in [0.2, 0.25) is 0 Å². The van der Waals surface area contributed by atoms with Crippen LogP contribution in [0.4, 0.5) is 4.79 Å². The molecule has 9 nitrogen and oxygen atoms in total. The molecule has 0 saturated carbocycles. The summed E-state index contributed by atoms with van der Waals surface area (Å²) in [4.78, 5) is 52.1. The van der Waals surface area contributed by atoms with Gasteiger partial charge in [0.15, 0.2) is 6.10 Å². The molecule has 5 amide bonds. The van der Waals surface area contributed by atoms with E-state index in [9.17, 15) is 19.2 Å². The van der Waals surface area contributed by atoms with Gasteiger partial charge < -0.3 is 19.9 Å². The van der Waals surface area contributed by atoms with E-state index in [1.165, 1.54) is 0 Å². The van der Waals surface area contributed by atoms with Crippen LogP contribution in [0.15, 0.2) is 22.7 Å². The highest BCUT2D eigenvalue weighted by molar-refractivity contribution is 9.10. The van der Waals surface area contributed by atoms with E-state index >= 15 is 0 Å². The molecule has 1 aromatic rings. The van der Waals surface area contributed by atoms with Crippen molar-refractivity contribution in [2.24, 2.45) is 0 Å². The molecule has 10 heteroatoms. The van der Waals surface area contributed by atoms with E-state index in [0.717, 1.165) is 22.9 Å². The summed E-state index contributed by atoms with van der Waals surface area (Å²) in [5.74, 6) is -0.376. The molecule has 31 heavy (non-hydrogen) atoms. The highest BCUT2D eigenvalue weighted by atomic mass is 79.9. The number of likely N-dealkylation sites (N-methyl/N-ethyl adjacent to an activating group) is 1. The third-order valence-electron chi connectivity index (χ3n) is 5.51. The number of amides is 5. The minimum Gasteiger partial charge on any atom is -0.480 e. The summed E-state index contributed by atoms with van der Waals surface area (Å²) in [6.07, 6.45) is 0.762. The predicted molar refractivity (Wildman–Crippen MR) is 116 cm³/mol. The monoisotopic (exact) mass is 494 g/mol. The SMILES string of the molecule is Cc1ccc(OC(C)C(=O)N(C)CC2CCCN2C(=O)[C@@H]2CC(=O)NC(=O)N2)c(Br)c1. The smallest absolute Gasteiger partial charge is 0.322 e. The number of imide groups is 1. The molecule has 2 aliphatic heterocycles. The molecule has 3 atom stereocenters. The van der Waals surface area contributed by atoms with Gasteiger partial charge in [-0.3, -0.25) is 19.7 Å². The molecule has 168 valence electrons. The lowest BCUT2D eigenvalue weighted by molar-refractivity contribution is -0.141. The van der Waals surface area contributed by atoms with Crippen LogP contribution in [0.3, 0.4) is 0 Å². The third-order valence-corrected chi connectivity index (χ3v) is 6.13. The van der Waals surface area contributed by atoms with Crippen LogP contribution >= 0.6 is 15.9 Å². The largest absolute Gasteiger partial charge is 0.480 e. The lowest BCUT2D eigenvalue weighted by atomic mass is 10.1. The Kier molecular flexibility index (Phi) is 7.19. The number of urea groups is 1. The van der Waals surface area contributed by atoms with E-state index in [2.05, 4.69) is 26.6 Å². The summed E-state index contributed by atoms with van der Waals surface area (Å²) in [6.45, 7) is 4.54. The average Bonchev–Trinajstić information content (AvgIpc) is 3.16. The van der Waals surface area contributed by atoms with Crippen molar-refractivity contribution in [2.45, 2.75) is 51.3 Å². The number of likely N-dealkylation sites (tertiary alicyclic amines) is 1. The summed E-state index contributed by atoms with van der Waals surface area (Å²) < 4.78 is 6.61. The second kappa shape index (κ2) is 9.67. The number of benzene rings is 1. The quantitative estimate of drug-likeness (QED) is 0.623. The molecule has 0 bridgehead atoms. The zero-order valence-corrected chi connectivity index (χ0v) is 19.4. The van der Waals surface area contributed by atoms with Crippen LogP contribution in [0.1, 0.15) is 31.7 Å². The van der Waals surface area contributed by atoms with Gasteiger partial charge in [0.25, 0.3) is 5.91 Å². The maximum absolute atomic E-state index is 12.9. The van der Waals surface area contributed by atoms with E-state index in [0.29, 0.717) is 18.8 Å². The first-order chi connectivity index (χ1) is 14.7. The van der Waals surface area contributed by atoms with Crippen molar-refractivity contribution in [1.82, 2.24) is 20.4 Å². The number of nitrogens with zero attached hydrogens (tertiary/aromatic N) is 2. The minimum atomic E-state index is -0.871. The first kappa shape index (κ1) is 23.1. The second-order valence-electron chi connectivity index (χ2n) is 8.02. The lowest BCUT2D eigenvalue weighted by Crippen LogP contribution is -2.59. The van der Waals surface area contributed by atoms with Crippen molar-refractivity contribution in [2.75, 3.05) is 20.1 Å². The van der Waals surface area contributed by atoms with E-state index in [4.69, 9.17) is 4.74 Å². The number of nitrogens with one attached hydrogen (secondary N) is 2. The highest BCUT2D eigenvalue weighted by Crippen LogP contribution is 2.27. The summed E-state index contributed by atoms with van der Waals surface area (Å²) in [7, 11) is 1.68. The number of carbonyl (C=O) groups is 4. The van der Waals surface area contributed by atoms with Crippen molar-refractivity contribution in [3.8, 4) is 5.75 Å². The molecule has 0 radical (unpaired) electrons. The van der Waals surface area contributed by atoms with Gasteiger partial charge in [0, 0.05) is 26.2 Å². The zero-order valence-electron chi connectivity index (χ0n) is 17.8. The number of rotatable bonds is 6. The number of hydrogen-bond acceptors (Lipinski definition) is 5. The minimum absolute atomic E-state index is 0.0845. The molecule has 2 aliphatic rings. The highest BCUT2D eigenvalue weighted by Gasteiger charge is 2.38. The molecule has 0 aliphatic carbocycles. The van der Waals surface area contributed by atoms with E-state index < -0.39 is 24.1 Å². The number of carbonyl (C=O) groups excluding carboxylic acids is 4. The molecule has 2 N–H and O–H groups in total.